The molecular formula is C12H19N3O. The molecule has 2 rings (SSSR count). The standard InChI is InChI=1S/C12H19N3O/c1-14-12(9-2-3-9)10-4-6-15(8-10)7-5-11(13)16/h4,6,8-9,12,14H,2-3,5,7H2,1H3,(H2,13,16). The van der Waals surface area contributed by atoms with Crippen molar-refractivity contribution < 1.29 is 4.79 Å². The summed E-state index contributed by atoms with van der Waals surface area (Å²) in [6, 6.07) is 2.59. The molecule has 0 spiro atoms. The minimum atomic E-state index is -0.248. The summed E-state index contributed by atoms with van der Waals surface area (Å²) in [5.74, 6) is 0.541. The Morgan fingerprint density at radius 3 is 3.00 bits per heavy atom. The van der Waals surface area contributed by atoms with E-state index in [9.17, 15) is 4.79 Å². The molecule has 1 aliphatic carbocycles. The van der Waals surface area contributed by atoms with Crippen LogP contribution in [-0.4, -0.2) is 17.5 Å². The Morgan fingerprint density at radius 2 is 2.44 bits per heavy atom. The number of aryl methyl sites for hydroxylation is 1. The van der Waals surface area contributed by atoms with Crippen LogP contribution in [0.5, 0.6) is 0 Å². The molecule has 3 N–H and O–H groups in total. The van der Waals surface area contributed by atoms with Crippen LogP contribution in [0.1, 0.15) is 30.9 Å². The van der Waals surface area contributed by atoms with Gasteiger partial charge in [-0.25, -0.2) is 0 Å². The summed E-state index contributed by atoms with van der Waals surface area (Å²) in [5, 5.41) is 3.35. The summed E-state index contributed by atoms with van der Waals surface area (Å²) >= 11 is 0. The smallest absolute Gasteiger partial charge is 0.219 e. The third-order valence-corrected chi connectivity index (χ3v) is 3.15. The summed E-state index contributed by atoms with van der Waals surface area (Å²) in [4.78, 5) is 10.7. The second kappa shape index (κ2) is 4.70. The van der Waals surface area contributed by atoms with Gasteiger partial charge in [-0.1, -0.05) is 0 Å². The van der Waals surface area contributed by atoms with Gasteiger partial charge in [0.2, 0.25) is 5.91 Å². The molecule has 1 saturated carbocycles. The molecule has 0 aromatic carbocycles. The molecule has 1 atom stereocenters. The molecule has 1 amide bonds. The Kier molecular flexibility index (Phi) is 3.29. The normalized spacial score (nSPS) is 17.3. The Morgan fingerprint density at radius 1 is 1.69 bits per heavy atom. The van der Waals surface area contributed by atoms with Crippen LogP contribution in [0.2, 0.25) is 0 Å². The van der Waals surface area contributed by atoms with E-state index in [1.165, 1.54) is 18.4 Å². The molecule has 1 aliphatic rings. The van der Waals surface area contributed by atoms with Gasteiger partial charge in [0.15, 0.2) is 0 Å². The molecule has 16 heavy (non-hydrogen) atoms. The molecule has 4 nitrogen and oxygen atoms in total. The molecule has 0 radical (unpaired) electrons. The van der Waals surface area contributed by atoms with Crippen LogP contribution in [0.4, 0.5) is 0 Å². The molecule has 0 bridgehead atoms. The van der Waals surface area contributed by atoms with Crippen LogP contribution < -0.4 is 11.1 Å². The monoisotopic (exact) mass is 221 g/mol. The van der Waals surface area contributed by atoms with E-state index in [0.717, 1.165) is 5.92 Å². The lowest BCUT2D eigenvalue weighted by molar-refractivity contribution is -0.118. The molecule has 1 aromatic heterocycles. The number of carbonyl (C=O) groups excluding carboxylic acids is 1. The second-order valence-corrected chi connectivity index (χ2v) is 4.50. The number of primary amides is 1. The molecule has 1 aromatic rings. The zero-order chi connectivity index (χ0) is 11.5. The van der Waals surface area contributed by atoms with Crippen molar-refractivity contribution in [2.24, 2.45) is 11.7 Å². The fourth-order valence-corrected chi connectivity index (χ4v) is 2.13. The molecule has 1 heterocycles. The van der Waals surface area contributed by atoms with Gasteiger partial charge in [-0.3, -0.25) is 4.79 Å². The number of nitrogens with zero attached hydrogens (tertiary/aromatic N) is 1. The van der Waals surface area contributed by atoms with E-state index in [-0.39, 0.29) is 5.91 Å². The van der Waals surface area contributed by atoms with Gasteiger partial charge < -0.3 is 15.6 Å². The van der Waals surface area contributed by atoms with Crippen molar-refractivity contribution in [3.8, 4) is 0 Å². The van der Waals surface area contributed by atoms with Gasteiger partial charge in [0.25, 0.3) is 0 Å². The quantitative estimate of drug-likeness (QED) is 0.754. The zero-order valence-electron chi connectivity index (χ0n) is 9.65. The molecule has 0 saturated heterocycles. The highest BCUT2D eigenvalue weighted by Crippen LogP contribution is 2.40. The van der Waals surface area contributed by atoms with E-state index in [1.54, 1.807) is 0 Å². The Balaban J connectivity index is 1.97. The number of amides is 1. The minimum absolute atomic E-state index is 0.248. The van der Waals surface area contributed by atoms with Crippen LogP contribution in [0.15, 0.2) is 18.5 Å². The van der Waals surface area contributed by atoms with Crippen molar-refractivity contribution >= 4 is 5.91 Å². The van der Waals surface area contributed by atoms with E-state index in [0.29, 0.717) is 19.0 Å². The number of aromatic nitrogens is 1. The predicted octanol–water partition coefficient (Wildman–Crippen LogP) is 1.03. The number of rotatable bonds is 6. The maximum Gasteiger partial charge on any atom is 0.219 e. The second-order valence-electron chi connectivity index (χ2n) is 4.50. The number of hydrogen-bond donors (Lipinski definition) is 2. The summed E-state index contributed by atoms with van der Waals surface area (Å²) < 4.78 is 2.03. The first kappa shape index (κ1) is 11.2. The van der Waals surface area contributed by atoms with Crippen molar-refractivity contribution in [1.82, 2.24) is 9.88 Å². The lowest BCUT2D eigenvalue weighted by Gasteiger charge is -2.13. The average Bonchev–Trinajstić information content (AvgIpc) is 2.96. The van der Waals surface area contributed by atoms with Gasteiger partial charge in [-0.15, -0.1) is 0 Å². The maximum absolute atomic E-state index is 10.7. The first-order chi connectivity index (χ1) is 7.70. The van der Waals surface area contributed by atoms with Gasteiger partial charge in [0.05, 0.1) is 0 Å². The minimum Gasteiger partial charge on any atom is -0.370 e. The van der Waals surface area contributed by atoms with Crippen LogP contribution in [-0.2, 0) is 11.3 Å². The number of nitrogens with one attached hydrogen (secondary N) is 1. The van der Waals surface area contributed by atoms with Gasteiger partial charge in [-0.05, 0) is 37.4 Å². The highest BCUT2D eigenvalue weighted by atomic mass is 16.1. The van der Waals surface area contributed by atoms with Crippen LogP contribution in [0, 0.1) is 5.92 Å². The van der Waals surface area contributed by atoms with E-state index in [1.807, 2.05) is 17.8 Å². The van der Waals surface area contributed by atoms with E-state index >= 15 is 0 Å². The van der Waals surface area contributed by atoms with E-state index < -0.39 is 0 Å². The van der Waals surface area contributed by atoms with Crippen molar-refractivity contribution in [3.63, 3.8) is 0 Å². The predicted molar refractivity (Wildman–Crippen MR) is 62.8 cm³/mol. The van der Waals surface area contributed by atoms with Gasteiger partial charge in [0.1, 0.15) is 0 Å². The Bertz CT molecular complexity index is 368. The van der Waals surface area contributed by atoms with Gasteiger partial charge in [0, 0.05) is 31.4 Å². The molecule has 88 valence electrons. The van der Waals surface area contributed by atoms with Crippen LogP contribution in [0.3, 0.4) is 0 Å². The van der Waals surface area contributed by atoms with Crippen molar-refractivity contribution in [2.75, 3.05) is 7.05 Å². The molecular weight excluding hydrogens is 202 g/mol. The molecule has 4 heteroatoms. The number of carbonyl (C=O) groups is 1. The first-order valence-corrected chi connectivity index (χ1v) is 5.82. The Hall–Kier alpha value is -1.29. The van der Waals surface area contributed by atoms with E-state index in [4.69, 9.17) is 5.73 Å². The summed E-state index contributed by atoms with van der Waals surface area (Å²) in [7, 11) is 2.00. The lowest BCUT2D eigenvalue weighted by atomic mass is 10.1. The van der Waals surface area contributed by atoms with Crippen molar-refractivity contribution in [2.45, 2.75) is 31.8 Å². The number of nitrogens with two attached hydrogens (primary N) is 1. The van der Waals surface area contributed by atoms with Crippen LogP contribution >= 0.6 is 0 Å². The first-order valence-electron chi connectivity index (χ1n) is 5.82. The highest BCUT2D eigenvalue weighted by Gasteiger charge is 2.31. The summed E-state index contributed by atoms with van der Waals surface area (Å²) in [6.45, 7) is 0.677. The molecule has 0 aliphatic heterocycles. The lowest BCUT2D eigenvalue weighted by Crippen LogP contribution is -2.17. The average molecular weight is 221 g/mol. The topological polar surface area (TPSA) is 60.1 Å². The largest absolute Gasteiger partial charge is 0.370 e. The van der Waals surface area contributed by atoms with Crippen molar-refractivity contribution in [3.05, 3.63) is 24.0 Å². The highest BCUT2D eigenvalue weighted by molar-refractivity contribution is 5.73. The van der Waals surface area contributed by atoms with Gasteiger partial charge in [-0.2, -0.15) is 0 Å². The van der Waals surface area contributed by atoms with E-state index in [2.05, 4.69) is 17.6 Å². The maximum atomic E-state index is 10.7. The fourth-order valence-electron chi connectivity index (χ4n) is 2.13. The third kappa shape index (κ3) is 2.64. The summed E-state index contributed by atoms with van der Waals surface area (Å²) in [6.07, 6.45) is 7.17. The molecule has 1 unspecified atom stereocenters. The SMILES string of the molecule is CNC(c1ccn(CCC(N)=O)c1)C1CC1. The van der Waals surface area contributed by atoms with Crippen LogP contribution in [0.25, 0.3) is 0 Å². The fraction of sp³-hybridized carbons (Fsp3) is 0.583. The third-order valence-electron chi connectivity index (χ3n) is 3.15. The Labute approximate surface area is 95.8 Å². The van der Waals surface area contributed by atoms with Gasteiger partial charge >= 0.3 is 0 Å². The summed E-state index contributed by atoms with van der Waals surface area (Å²) in [5.41, 5.74) is 6.44. The van der Waals surface area contributed by atoms with Crippen molar-refractivity contribution in [1.29, 1.82) is 0 Å². The zero-order valence-corrected chi connectivity index (χ0v) is 9.65. The molecule has 1 fully saturated rings. The number of hydrogen-bond acceptors (Lipinski definition) is 2.